The first-order chi connectivity index (χ1) is 13.9. The summed E-state index contributed by atoms with van der Waals surface area (Å²) in [6.07, 6.45) is 3.02. The number of hydrogen-bond donors (Lipinski definition) is 1. The second-order valence-corrected chi connectivity index (χ2v) is 10.7. The molecule has 1 saturated heterocycles. The van der Waals surface area contributed by atoms with Crippen molar-refractivity contribution >= 4 is 38.2 Å². The highest BCUT2D eigenvalue weighted by Crippen LogP contribution is 2.28. The molecule has 2 aromatic heterocycles. The summed E-state index contributed by atoms with van der Waals surface area (Å²) in [7, 11) is -3.45. The highest BCUT2D eigenvalue weighted by atomic mass is 32.2. The van der Waals surface area contributed by atoms with Crippen LogP contribution in [0.25, 0.3) is 11.0 Å². The Morgan fingerprint density at radius 2 is 1.93 bits per heavy atom. The molecule has 1 atom stereocenters. The quantitative estimate of drug-likeness (QED) is 0.636. The fourth-order valence-corrected chi connectivity index (χ4v) is 6.59. The van der Waals surface area contributed by atoms with E-state index in [0.29, 0.717) is 23.1 Å². The van der Waals surface area contributed by atoms with Crippen molar-refractivity contribution in [1.82, 2.24) is 9.62 Å². The highest BCUT2D eigenvalue weighted by molar-refractivity contribution is 7.91. The number of nitrogens with one attached hydrogen (secondary N) is 1. The standard InChI is InChI=1S/C21H24N2O4S2/c1-15(19-13-16-7-3-4-8-18(16)27-19)22-20(24)14-17-9-10-21(28-17)29(25,26)23-11-5-2-6-12-23/h3-4,7-10,13,15H,2,5-6,11-12,14H2,1H3,(H,22,24). The number of furan rings is 1. The fourth-order valence-electron chi connectivity index (χ4n) is 3.56. The van der Waals surface area contributed by atoms with Crippen LogP contribution in [0.15, 0.2) is 51.1 Å². The molecular formula is C21H24N2O4S2. The second-order valence-electron chi connectivity index (χ2n) is 7.34. The zero-order valence-corrected chi connectivity index (χ0v) is 17.9. The molecule has 0 radical (unpaired) electrons. The second kappa shape index (κ2) is 8.30. The Hall–Kier alpha value is -2.16. The summed E-state index contributed by atoms with van der Waals surface area (Å²) >= 11 is 1.17. The van der Waals surface area contributed by atoms with Gasteiger partial charge < -0.3 is 9.73 Å². The van der Waals surface area contributed by atoms with Crippen LogP contribution in [0.2, 0.25) is 0 Å². The van der Waals surface area contributed by atoms with Crippen LogP contribution in [0, 0.1) is 0 Å². The van der Waals surface area contributed by atoms with Crippen molar-refractivity contribution in [3.05, 3.63) is 53.1 Å². The summed E-state index contributed by atoms with van der Waals surface area (Å²) in [6.45, 7) is 3.02. The van der Waals surface area contributed by atoms with Crippen molar-refractivity contribution in [2.45, 2.75) is 42.9 Å². The lowest BCUT2D eigenvalue weighted by Gasteiger charge is -2.25. The summed E-state index contributed by atoms with van der Waals surface area (Å²) in [5, 5.41) is 3.93. The third-order valence-corrected chi connectivity index (χ3v) is 8.58. The summed E-state index contributed by atoms with van der Waals surface area (Å²) in [5.74, 6) is 0.529. The Morgan fingerprint density at radius 3 is 2.69 bits per heavy atom. The third kappa shape index (κ3) is 4.39. The third-order valence-electron chi connectivity index (χ3n) is 5.13. The molecule has 3 aromatic rings. The van der Waals surface area contributed by atoms with Gasteiger partial charge in [-0.25, -0.2) is 8.42 Å². The van der Waals surface area contributed by atoms with E-state index in [1.165, 1.54) is 11.3 Å². The Balaban J connectivity index is 1.39. The highest BCUT2D eigenvalue weighted by Gasteiger charge is 2.27. The van der Waals surface area contributed by atoms with Gasteiger partial charge in [-0.3, -0.25) is 4.79 Å². The van der Waals surface area contributed by atoms with Crippen molar-refractivity contribution in [3.8, 4) is 0 Å². The van der Waals surface area contributed by atoms with Crippen LogP contribution in [-0.2, 0) is 21.2 Å². The van der Waals surface area contributed by atoms with Gasteiger partial charge >= 0.3 is 0 Å². The van der Waals surface area contributed by atoms with Gasteiger partial charge in [0.15, 0.2) is 0 Å². The lowest BCUT2D eigenvalue weighted by molar-refractivity contribution is -0.121. The van der Waals surface area contributed by atoms with Crippen molar-refractivity contribution in [2.75, 3.05) is 13.1 Å². The predicted octanol–water partition coefficient (Wildman–Crippen LogP) is 4.09. The first kappa shape index (κ1) is 20.1. The fraction of sp³-hybridized carbons (Fsp3) is 0.381. The molecule has 4 rings (SSSR count). The summed E-state index contributed by atoms with van der Waals surface area (Å²) < 4.78 is 33.2. The molecule has 0 saturated carbocycles. The molecule has 1 aromatic carbocycles. The van der Waals surface area contributed by atoms with Crippen molar-refractivity contribution in [3.63, 3.8) is 0 Å². The number of carbonyl (C=O) groups excluding carboxylic acids is 1. The van der Waals surface area contributed by atoms with E-state index in [-0.39, 0.29) is 18.4 Å². The Kier molecular flexibility index (Phi) is 5.76. The summed E-state index contributed by atoms with van der Waals surface area (Å²) in [4.78, 5) is 13.2. The van der Waals surface area contributed by atoms with E-state index in [4.69, 9.17) is 4.42 Å². The monoisotopic (exact) mass is 432 g/mol. The lowest BCUT2D eigenvalue weighted by atomic mass is 10.2. The average Bonchev–Trinajstić information content (AvgIpc) is 3.36. The Labute approximate surface area is 174 Å². The molecule has 1 aliphatic heterocycles. The van der Waals surface area contributed by atoms with Crippen molar-refractivity contribution in [2.24, 2.45) is 0 Å². The minimum atomic E-state index is -3.45. The van der Waals surface area contributed by atoms with E-state index in [1.807, 2.05) is 37.3 Å². The van der Waals surface area contributed by atoms with Gasteiger partial charge in [-0.15, -0.1) is 11.3 Å². The number of amides is 1. The molecule has 0 bridgehead atoms. The largest absolute Gasteiger partial charge is 0.459 e. The maximum atomic E-state index is 12.8. The number of sulfonamides is 1. The molecule has 29 heavy (non-hydrogen) atoms. The maximum absolute atomic E-state index is 12.8. The Morgan fingerprint density at radius 1 is 1.17 bits per heavy atom. The van der Waals surface area contributed by atoms with E-state index in [2.05, 4.69) is 5.32 Å². The van der Waals surface area contributed by atoms with E-state index in [0.717, 1.165) is 35.1 Å². The number of rotatable bonds is 6. The van der Waals surface area contributed by atoms with Gasteiger partial charge in [-0.05, 0) is 44.0 Å². The minimum Gasteiger partial charge on any atom is -0.459 e. The smallest absolute Gasteiger partial charge is 0.252 e. The maximum Gasteiger partial charge on any atom is 0.252 e. The van der Waals surface area contributed by atoms with Gasteiger partial charge in [-0.1, -0.05) is 24.6 Å². The minimum absolute atomic E-state index is 0.144. The number of carbonyl (C=O) groups is 1. The van der Waals surface area contributed by atoms with E-state index in [9.17, 15) is 13.2 Å². The molecule has 1 N–H and O–H groups in total. The van der Waals surface area contributed by atoms with Crippen molar-refractivity contribution < 1.29 is 17.6 Å². The molecule has 6 nitrogen and oxygen atoms in total. The van der Waals surface area contributed by atoms with Gasteiger partial charge in [0.25, 0.3) is 10.0 Å². The normalized spacial score (nSPS) is 16.7. The van der Waals surface area contributed by atoms with E-state index < -0.39 is 10.0 Å². The molecule has 154 valence electrons. The average molecular weight is 433 g/mol. The molecule has 3 heterocycles. The number of benzene rings is 1. The predicted molar refractivity (Wildman–Crippen MR) is 113 cm³/mol. The molecule has 1 unspecified atom stereocenters. The number of fused-ring (bicyclic) bond motifs is 1. The van der Waals surface area contributed by atoms with Gasteiger partial charge in [0, 0.05) is 23.4 Å². The summed E-state index contributed by atoms with van der Waals surface area (Å²) in [5.41, 5.74) is 0.786. The van der Waals surface area contributed by atoms with Crippen LogP contribution >= 0.6 is 11.3 Å². The number of para-hydroxylation sites is 1. The number of thiophene rings is 1. The zero-order chi connectivity index (χ0) is 20.4. The van der Waals surface area contributed by atoms with Gasteiger partial charge in [0.05, 0.1) is 12.5 Å². The summed E-state index contributed by atoms with van der Waals surface area (Å²) in [6, 6.07) is 12.7. The first-order valence-corrected chi connectivity index (χ1v) is 12.1. The number of hydrogen-bond acceptors (Lipinski definition) is 5. The van der Waals surface area contributed by atoms with Crippen LogP contribution < -0.4 is 5.32 Å². The van der Waals surface area contributed by atoms with Crippen LogP contribution in [0.1, 0.15) is 42.9 Å². The van der Waals surface area contributed by atoms with Crippen LogP contribution in [0.5, 0.6) is 0 Å². The molecule has 1 fully saturated rings. The van der Waals surface area contributed by atoms with Gasteiger partial charge in [0.2, 0.25) is 5.91 Å². The molecule has 1 amide bonds. The zero-order valence-electron chi connectivity index (χ0n) is 16.3. The SMILES string of the molecule is CC(NC(=O)Cc1ccc(S(=O)(=O)N2CCCCC2)s1)c1cc2ccccc2o1. The topological polar surface area (TPSA) is 79.6 Å². The lowest BCUT2D eigenvalue weighted by Crippen LogP contribution is -2.35. The first-order valence-electron chi connectivity index (χ1n) is 9.80. The van der Waals surface area contributed by atoms with Crippen molar-refractivity contribution in [1.29, 1.82) is 0 Å². The molecular weight excluding hydrogens is 408 g/mol. The van der Waals surface area contributed by atoms with E-state index >= 15 is 0 Å². The molecule has 8 heteroatoms. The van der Waals surface area contributed by atoms with Crippen LogP contribution in [0.4, 0.5) is 0 Å². The van der Waals surface area contributed by atoms with Crippen LogP contribution in [-0.4, -0.2) is 31.7 Å². The number of piperidine rings is 1. The van der Waals surface area contributed by atoms with Gasteiger partial charge in [-0.2, -0.15) is 4.31 Å². The Bertz CT molecular complexity index is 1080. The number of nitrogens with zero attached hydrogens (tertiary/aromatic N) is 1. The molecule has 1 aliphatic rings. The molecule has 0 aliphatic carbocycles. The van der Waals surface area contributed by atoms with Crippen LogP contribution in [0.3, 0.4) is 0 Å². The van der Waals surface area contributed by atoms with Gasteiger partial charge in [0.1, 0.15) is 15.6 Å². The van der Waals surface area contributed by atoms with E-state index in [1.54, 1.807) is 16.4 Å². The molecule has 0 spiro atoms.